The maximum Gasteiger partial charge on any atom is 0.143 e. The Bertz CT molecular complexity index is 428. The molecule has 1 fully saturated rings. The zero-order valence-corrected chi connectivity index (χ0v) is 12.4. The fourth-order valence-electron chi connectivity index (χ4n) is 2.54. The van der Waals surface area contributed by atoms with Gasteiger partial charge in [-0.15, -0.1) is 0 Å². The number of aliphatic hydroxyl groups is 1. The number of halogens is 2. The van der Waals surface area contributed by atoms with Crippen LogP contribution in [0, 0.1) is 5.82 Å². The summed E-state index contributed by atoms with van der Waals surface area (Å²) < 4.78 is 14.5. The predicted molar refractivity (Wildman–Crippen MR) is 73.9 cm³/mol. The number of benzene rings is 1. The zero-order chi connectivity index (χ0) is 13.3. The van der Waals surface area contributed by atoms with E-state index in [1.165, 1.54) is 0 Å². The summed E-state index contributed by atoms with van der Waals surface area (Å²) in [6.45, 7) is 5.90. The molecule has 0 radical (unpaired) electrons. The number of hydrogen-bond acceptors (Lipinski definition) is 2. The molecule has 1 aromatic rings. The third-order valence-corrected chi connectivity index (χ3v) is 4.42. The topological polar surface area (TPSA) is 23.5 Å². The quantitative estimate of drug-likeness (QED) is 0.905. The normalized spacial score (nSPS) is 20.3. The number of piperidine rings is 1. The SMILES string of the molecule is CC(C)N1CCC(O)(c2cccc(Br)c2F)CC1. The van der Waals surface area contributed by atoms with Crippen LogP contribution in [-0.2, 0) is 5.60 Å². The maximum absolute atomic E-state index is 14.1. The molecule has 0 amide bonds. The van der Waals surface area contributed by atoms with Gasteiger partial charge in [-0.3, -0.25) is 0 Å². The molecule has 18 heavy (non-hydrogen) atoms. The van der Waals surface area contributed by atoms with Crippen molar-refractivity contribution in [3.63, 3.8) is 0 Å². The van der Waals surface area contributed by atoms with Gasteiger partial charge in [0.2, 0.25) is 0 Å². The van der Waals surface area contributed by atoms with E-state index >= 15 is 0 Å². The van der Waals surface area contributed by atoms with Crippen LogP contribution in [-0.4, -0.2) is 29.1 Å². The first-order chi connectivity index (χ1) is 8.44. The molecular formula is C14H19BrFNO. The van der Waals surface area contributed by atoms with Crippen LogP contribution in [0.25, 0.3) is 0 Å². The molecule has 0 saturated carbocycles. The first-order valence-electron chi connectivity index (χ1n) is 6.35. The van der Waals surface area contributed by atoms with Gasteiger partial charge in [0.15, 0.2) is 0 Å². The van der Waals surface area contributed by atoms with Crippen molar-refractivity contribution in [3.05, 3.63) is 34.1 Å². The molecule has 1 aliphatic rings. The summed E-state index contributed by atoms with van der Waals surface area (Å²) in [6.07, 6.45) is 1.16. The van der Waals surface area contributed by atoms with E-state index in [1.54, 1.807) is 18.2 Å². The summed E-state index contributed by atoms with van der Waals surface area (Å²) in [4.78, 5) is 2.31. The summed E-state index contributed by atoms with van der Waals surface area (Å²) in [5.41, 5.74) is -0.612. The molecule has 1 aromatic carbocycles. The van der Waals surface area contributed by atoms with Crippen LogP contribution in [0.4, 0.5) is 4.39 Å². The van der Waals surface area contributed by atoms with Gasteiger partial charge in [0.25, 0.3) is 0 Å². The third-order valence-electron chi connectivity index (χ3n) is 3.81. The summed E-state index contributed by atoms with van der Waals surface area (Å²) in [5, 5.41) is 10.7. The van der Waals surface area contributed by atoms with Crippen molar-refractivity contribution in [3.8, 4) is 0 Å². The monoisotopic (exact) mass is 315 g/mol. The number of nitrogens with zero attached hydrogens (tertiary/aromatic N) is 1. The van der Waals surface area contributed by atoms with Crippen molar-refractivity contribution >= 4 is 15.9 Å². The molecule has 0 unspecified atom stereocenters. The largest absolute Gasteiger partial charge is 0.385 e. The van der Waals surface area contributed by atoms with E-state index in [0.29, 0.717) is 28.9 Å². The van der Waals surface area contributed by atoms with Gasteiger partial charge in [0, 0.05) is 24.7 Å². The van der Waals surface area contributed by atoms with Gasteiger partial charge in [-0.25, -0.2) is 4.39 Å². The fourth-order valence-corrected chi connectivity index (χ4v) is 2.91. The molecule has 0 atom stereocenters. The second kappa shape index (κ2) is 5.27. The number of hydrogen-bond donors (Lipinski definition) is 1. The van der Waals surface area contributed by atoms with Gasteiger partial charge in [-0.05, 0) is 48.7 Å². The van der Waals surface area contributed by atoms with Crippen molar-refractivity contribution < 1.29 is 9.50 Å². The average molecular weight is 316 g/mol. The van der Waals surface area contributed by atoms with E-state index in [-0.39, 0.29) is 5.82 Å². The molecule has 100 valence electrons. The Labute approximate surface area is 116 Å². The lowest BCUT2D eigenvalue weighted by Gasteiger charge is -2.40. The predicted octanol–water partition coefficient (Wildman–Crippen LogP) is 3.28. The van der Waals surface area contributed by atoms with Gasteiger partial charge in [-0.2, -0.15) is 0 Å². The highest BCUT2D eigenvalue weighted by Gasteiger charge is 2.36. The molecule has 0 aliphatic carbocycles. The molecule has 0 spiro atoms. The highest BCUT2D eigenvalue weighted by Crippen LogP contribution is 2.36. The van der Waals surface area contributed by atoms with E-state index in [0.717, 1.165) is 13.1 Å². The Hall–Kier alpha value is -0.450. The van der Waals surface area contributed by atoms with Crippen LogP contribution in [0.15, 0.2) is 22.7 Å². The van der Waals surface area contributed by atoms with Crippen molar-refractivity contribution in [1.82, 2.24) is 4.90 Å². The lowest BCUT2D eigenvalue weighted by atomic mass is 9.84. The Morgan fingerprint density at radius 2 is 1.94 bits per heavy atom. The minimum Gasteiger partial charge on any atom is -0.385 e. The number of rotatable bonds is 2. The summed E-state index contributed by atoms with van der Waals surface area (Å²) in [7, 11) is 0. The zero-order valence-electron chi connectivity index (χ0n) is 10.8. The summed E-state index contributed by atoms with van der Waals surface area (Å²) in [5.74, 6) is -0.335. The lowest BCUT2D eigenvalue weighted by Crippen LogP contribution is -2.45. The Kier molecular flexibility index (Phi) is 4.09. The van der Waals surface area contributed by atoms with Crippen LogP contribution in [0.2, 0.25) is 0 Å². The second-order valence-electron chi connectivity index (χ2n) is 5.26. The second-order valence-corrected chi connectivity index (χ2v) is 6.12. The average Bonchev–Trinajstić information content (AvgIpc) is 2.33. The molecule has 1 aliphatic heterocycles. The Balaban J connectivity index is 2.21. The Morgan fingerprint density at radius 3 is 2.50 bits per heavy atom. The van der Waals surface area contributed by atoms with E-state index in [1.807, 2.05) is 0 Å². The maximum atomic E-state index is 14.1. The van der Waals surface area contributed by atoms with Crippen molar-refractivity contribution in [2.45, 2.75) is 38.3 Å². The smallest absolute Gasteiger partial charge is 0.143 e. The molecule has 4 heteroatoms. The van der Waals surface area contributed by atoms with Gasteiger partial charge in [0.05, 0.1) is 10.1 Å². The standard InChI is InChI=1S/C14H19BrFNO/c1-10(2)17-8-6-14(18,7-9-17)11-4-3-5-12(15)13(11)16/h3-5,10,18H,6-9H2,1-2H3. The van der Waals surface area contributed by atoms with Gasteiger partial charge in [-0.1, -0.05) is 12.1 Å². The van der Waals surface area contributed by atoms with Crippen molar-refractivity contribution in [2.75, 3.05) is 13.1 Å². The van der Waals surface area contributed by atoms with Crippen LogP contribution < -0.4 is 0 Å². The minimum absolute atomic E-state index is 0.335. The van der Waals surface area contributed by atoms with Crippen molar-refractivity contribution in [1.29, 1.82) is 0 Å². The first-order valence-corrected chi connectivity index (χ1v) is 7.14. The third kappa shape index (κ3) is 2.60. The molecule has 1 N–H and O–H groups in total. The summed E-state index contributed by atoms with van der Waals surface area (Å²) in [6, 6.07) is 5.59. The molecule has 1 heterocycles. The van der Waals surface area contributed by atoms with Crippen LogP contribution in [0.3, 0.4) is 0 Å². The van der Waals surface area contributed by atoms with Gasteiger partial charge >= 0.3 is 0 Å². The Morgan fingerprint density at radius 1 is 1.33 bits per heavy atom. The van der Waals surface area contributed by atoms with Crippen LogP contribution >= 0.6 is 15.9 Å². The van der Waals surface area contributed by atoms with Gasteiger partial charge < -0.3 is 10.0 Å². The molecule has 2 nitrogen and oxygen atoms in total. The molecular weight excluding hydrogens is 297 g/mol. The number of likely N-dealkylation sites (tertiary alicyclic amines) is 1. The first kappa shape index (κ1) is 14.0. The summed E-state index contributed by atoms with van der Waals surface area (Å²) >= 11 is 3.18. The molecule has 1 saturated heterocycles. The van der Waals surface area contributed by atoms with Crippen LogP contribution in [0.1, 0.15) is 32.3 Å². The van der Waals surface area contributed by atoms with Crippen molar-refractivity contribution in [2.24, 2.45) is 0 Å². The van der Waals surface area contributed by atoms with Gasteiger partial charge in [0.1, 0.15) is 5.82 Å². The molecule has 0 bridgehead atoms. The molecule has 0 aromatic heterocycles. The lowest BCUT2D eigenvalue weighted by molar-refractivity contribution is -0.0348. The van der Waals surface area contributed by atoms with E-state index in [4.69, 9.17) is 0 Å². The van der Waals surface area contributed by atoms with E-state index < -0.39 is 5.60 Å². The van der Waals surface area contributed by atoms with E-state index in [9.17, 15) is 9.50 Å². The molecule has 2 rings (SSSR count). The van der Waals surface area contributed by atoms with E-state index in [2.05, 4.69) is 34.7 Å². The van der Waals surface area contributed by atoms with Crippen LogP contribution in [0.5, 0.6) is 0 Å². The highest BCUT2D eigenvalue weighted by atomic mass is 79.9. The fraction of sp³-hybridized carbons (Fsp3) is 0.571. The minimum atomic E-state index is -1.03. The highest BCUT2D eigenvalue weighted by molar-refractivity contribution is 9.10.